The first kappa shape index (κ1) is 17.9. The van der Waals surface area contributed by atoms with E-state index in [1.165, 1.54) is 6.07 Å². The summed E-state index contributed by atoms with van der Waals surface area (Å²) >= 11 is 11.9. The van der Waals surface area contributed by atoms with Crippen LogP contribution in [0.3, 0.4) is 0 Å². The van der Waals surface area contributed by atoms with Crippen molar-refractivity contribution < 1.29 is 8.42 Å². The van der Waals surface area contributed by atoms with Crippen LogP contribution in [0.1, 0.15) is 18.5 Å². The van der Waals surface area contributed by atoms with E-state index in [9.17, 15) is 8.42 Å². The van der Waals surface area contributed by atoms with Crippen LogP contribution in [-0.4, -0.2) is 18.0 Å². The lowest BCUT2D eigenvalue weighted by Gasteiger charge is -2.16. The van der Waals surface area contributed by atoms with Crippen LogP contribution in [-0.2, 0) is 10.0 Å². The molecule has 0 spiro atoms. The molecule has 0 aliphatic carbocycles. The topological polar surface area (TPSA) is 64.0 Å². The van der Waals surface area contributed by atoms with Gasteiger partial charge in [-0.2, -0.15) is 0 Å². The maximum Gasteiger partial charge on any atom is 0.242 e. The molecule has 2 aromatic carbocycles. The predicted octanol–water partition coefficient (Wildman–Crippen LogP) is 4.22. The van der Waals surface area contributed by atoms with Crippen molar-refractivity contribution in [1.82, 2.24) is 14.3 Å². The van der Waals surface area contributed by atoms with Crippen molar-refractivity contribution in [3.63, 3.8) is 0 Å². The summed E-state index contributed by atoms with van der Waals surface area (Å²) in [7, 11) is -3.80. The highest BCUT2D eigenvalue weighted by atomic mass is 35.5. The van der Waals surface area contributed by atoms with Gasteiger partial charge >= 0.3 is 0 Å². The summed E-state index contributed by atoms with van der Waals surface area (Å²) in [4.78, 5) is 3.96. The van der Waals surface area contributed by atoms with Gasteiger partial charge in [-0.05, 0) is 36.8 Å². The zero-order chi connectivity index (χ0) is 18.0. The van der Waals surface area contributed by atoms with Gasteiger partial charge in [0.1, 0.15) is 4.90 Å². The van der Waals surface area contributed by atoms with Crippen molar-refractivity contribution in [3.05, 3.63) is 76.8 Å². The number of benzene rings is 2. The summed E-state index contributed by atoms with van der Waals surface area (Å²) in [6.07, 6.45) is 5.23. The highest BCUT2D eigenvalue weighted by molar-refractivity contribution is 7.89. The molecule has 0 bridgehead atoms. The lowest BCUT2D eigenvalue weighted by atomic mass is 10.1. The van der Waals surface area contributed by atoms with E-state index >= 15 is 0 Å². The fourth-order valence-corrected chi connectivity index (χ4v) is 4.40. The molecule has 0 aliphatic heterocycles. The van der Waals surface area contributed by atoms with Crippen LogP contribution in [0.2, 0.25) is 10.0 Å². The van der Waals surface area contributed by atoms with Crippen molar-refractivity contribution in [3.8, 4) is 5.69 Å². The second-order valence-electron chi connectivity index (χ2n) is 5.46. The Morgan fingerprint density at radius 3 is 2.48 bits per heavy atom. The summed E-state index contributed by atoms with van der Waals surface area (Å²) in [5, 5.41) is 0.209. The minimum absolute atomic E-state index is 0.0133. The number of nitrogens with zero attached hydrogens (tertiary/aromatic N) is 2. The van der Waals surface area contributed by atoms with Gasteiger partial charge in [0.05, 0.1) is 16.4 Å². The summed E-state index contributed by atoms with van der Waals surface area (Å²) in [6, 6.07) is 11.6. The molecule has 25 heavy (non-hydrogen) atoms. The van der Waals surface area contributed by atoms with Gasteiger partial charge in [-0.3, -0.25) is 0 Å². The zero-order valence-electron chi connectivity index (χ0n) is 13.2. The fraction of sp³-hybridized carbons (Fsp3) is 0.118. The van der Waals surface area contributed by atoms with Crippen molar-refractivity contribution in [2.75, 3.05) is 0 Å². The van der Waals surface area contributed by atoms with Gasteiger partial charge in [-0.15, -0.1) is 0 Å². The lowest BCUT2D eigenvalue weighted by molar-refractivity contribution is 0.567. The lowest BCUT2D eigenvalue weighted by Crippen LogP contribution is -2.27. The summed E-state index contributed by atoms with van der Waals surface area (Å²) in [6.45, 7) is 1.77. The highest BCUT2D eigenvalue weighted by Gasteiger charge is 2.22. The Balaban J connectivity index is 1.81. The van der Waals surface area contributed by atoms with E-state index in [1.54, 1.807) is 31.6 Å². The average molecular weight is 396 g/mol. The summed E-state index contributed by atoms with van der Waals surface area (Å²) in [5.41, 5.74) is 1.76. The third-order valence-corrected chi connectivity index (χ3v) is 6.25. The minimum atomic E-state index is -3.80. The van der Waals surface area contributed by atoms with E-state index in [-0.39, 0.29) is 14.9 Å². The molecule has 3 aromatic rings. The number of imidazole rings is 1. The molecular formula is C17H15Cl2N3O2S. The smallest absolute Gasteiger partial charge is 0.242 e. The monoisotopic (exact) mass is 395 g/mol. The first-order valence-corrected chi connectivity index (χ1v) is 9.67. The zero-order valence-corrected chi connectivity index (χ0v) is 15.6. The molecule has 0 amide bonds. The number of sulfonamides is 1. The Morgan fingerprint density at radius 1 is 1.12 bits per heavy atom. The molecule has 0 fully saturated rings. The second kappa shape index (κ2) is 7.17. The summed E-state index contributed by atoms with van der Waals surface area (Å²) in [5.74, 6) is 0. The van der Waals surface area contributed by atoms with Crippen LogP contribution in [0.15, 0.2) is 66.1 Å². The Labute approximate surface area is 156 Å². The fourth-order valence-electron chi connectivity index (χ4n) is 2.40. The second-order valence-corrected chi connectivity index (χ2v) is 7.92. The molecule has 0 unspecified atom stereocenters. The Kier molecular flexibility index (Phi) is 5.15. The molecule has 1 N–H and O–H groups in total. The first-order chi connectivity index (χ1) is 11.9. The largest absolute Gasteiger partial charge is 0.306 e. The molecule has 3 rings (SSSR count). The minimum Gasteiger partial charge on any atom is -0.306 e. The number of hydrogen-bond acceptors (Lipinski definition) is 3. The third kappa shape index (κ3) is 3.88. The average Bonchev–Trinajstić information content (AvgIpc) is 3.11. The van der Waals surface area contributed by atoms with Crippen molar-refractivity contribution in [2.24, 2.45) is 0 Å². The van der Waals surface area contributed by atoms with Gasteiger partial charge < -0.3 is 4.57 Å². The molecule has 1 atom stereocenters. The van der Waals surface area contributed by atoms with Gasteiger partial charge in [0, 0.05) is 24.1 Å². The molecular weight excluding hydrogens is 381 g/mol. The van der Waals surface area contributed by atoms with Gasteiger partial charge in [-0.1, -0.05) is 41.4 Å². The SMILES string of the molecule is C[C@H](NS(=O)(=O)c1cccc(Cl)c1Cl)c1ccc(-n2ccnc2)cc1. The Morgan fingerprint density at radius 2 is 1.84 bits per heavy atom. The standard InChI is InChI=1S/C17H15Cl2N3O2S/c1-12(13-5-7-14(8-6-13)22-10-9-20-11-22)21-25(23,24)16-4-2-3-15(18)17(16)19/h2-12,21H,1H3/t12-/m0/s1. The van der Waals surface area contributed by atoms with E-state index in [4.69, 9.17) is 23.2 Å². The summed E-state index contributed by atoms with van der Waals surface area (Å²) < 4.78 is 29.6. The number of rotatable bonds is 5. The maximum absolute atomic E-state index is 12.6. The Hall–Kier alpha value is -1.86. The van der Waals surface area contributed by atoms with Gasteiger partial charge in [0.15, 0.2) is 0 Å². The molecule has 1 heterocycles. The first-order valence-electron chi connectivity index (χ1n) is 7.43. The van der Waals surface area contributed by atoms with Gasteiger partial charge in [0.2, 0.25) is 10.0 Å². The number of halogens is 2. The highest BCUT2D eigenvalue weighted by Crippen LogP contribution is 2.29. The normalized spacial score (nSPS) is 12.9. The molecule has 0 radical (unpaired) electrons. The molecule has 5 nitrogen and oxygen atoms in total. The van der Waals surface area contributed by atoms with Crippen molar-refractivity contribution in [1.29, 1.82) is 0 Å². The van der Waals surface area contributed by atoms with Crippen LogP contribution in [0.5, 0.6) is 0 Å². The molecule has 0 saturated carbocycles. The van der Waals surface area contributed by atoms with Crippen LogP contribution in [0.25, 0.3) is 5.69 Å². The predicted molar refractivity (Wildman–Crippen MR) is 98.8 cm³/mol. The number of hydrogen-bond donors (Lipinski definition) is 1. The maximum atomic E-state index is 12.6. The third-order valence-electron chi connectivity index (χ3n) is 3.73. The molecule has 0 saturated heterocycles. The van der Waals surface area contributed by atoms with Gasteiger partial charge in [-0.25, -0.2) is 18.1 Å². The van der Waals surface area contributed by atoms with Crippen LogP contribution < -0.4 is 4.72 Å². The van der Waals surface area contributed by atoms with E-state index in [0.717, 1.165) is 11.3 Å². The van der Waals surface area contributed by atoms with E-state index < -0.39 is 16.1 Å². The Bertz CT molecular complexity index is 972. The van der Waals surface area contributed by atoms with Gasteiger partial charge in [0.25, 0.3) is 0 Å². The van der Waals surface area contributed by atoms with Crippen LogP contribution in [0.4, 0.5) is 0 Å². The number of nitrogens with one attached hydrogen (secondary N) is 1. The molecule has 130 valence electrons. The quantitative estimate of drug-likeness (QED) is 0.703. The molecule has 1 aromatic heterocycles. The van der Waals surface area contributed by atoms with Crippen LogP contribution >= 0.6 is 23.2 Å². The van der Waals surface area contributed by atoms with E-state index in [2.05, 4.69) is 9.71 Å². The van der Waals surface area contributed by atoms with Crippen molar-refractivity contribution >= 4 is 33.2 Å². The molecule has 8 heteroatoms. The van der Waals surface area contributed by atoms with E-state index in [1.807, 2.05) is 35.0 Å². The molecule has 0 aliphatic rings. The number of aromatic nitrogens is 2. The van der Waals surface area contributed by atoms with E-state index in [0.29, 0.717) is 0 Å². The van der Waals surface area contributed by atoms with Crippen LogP contribution in [0, 0.1) is 0 Å². The van der Waals surface area contributed by atoms with Crippen molar-refractivity contribution in [2.45, 2.75) is 17.9 Å².